The highest BCUT2D eigenvalue weighted by Crippen LogP contribution is 2.22. The molecule has 0 atom stereocenters. The van der Waals surface area contributed by atoms with Crippen LogP contribution >= 0.6 is 0 Å². The number of fused-ring (bicyclic) bond motifs is 1. The third kappa shape index (κ3) is 3.88. The van der Waals surface area contributed by atoms with Crippen LogP contribution in [0.5, 0.6) is 0 Å². The molecule has 1 aliphatic rings. The molecule has 30 heavy (non-hydrogen) atoms. The summed E-state index contributed by atoms with van der Waals surface area (Å²) in [5, 5.41) is 1.93. The molecule has 0 saturated carbocycles. The molecule has 0 spiro atoms. The number of aromatic nitrogens is 3. The Morgan fingerprint density at radius 1 is 1.27 bits per heavy atom. The van der Waals surface area contributed by atoms with Crippen molar-refractivity contribution in [2.45, 2.75) is 13.5 Å². The molecule has 9 heteroatoms. The molecular weight excluding hydrogens is 387 g/mol. The van der Waals surface area contributed by atoms with Crippen molar-refractivity contribution in [3.05, 3.63) is 63.6 Å². The number of hydrogen-bond donors (Lipinski definition) is 2. The molecule has 0 bridgehead atoms. The third-order valence-corrected chi connectivity index (χ3v) is 5.28. The van der Waals surface area contributed by atoms with Gasteiger partial charge in [0.2, 0.25) is 0 Å². The van der Waals surface area contributed by atoms with Gasteiger partial charge < -0.3 is 15.2 Å². The largest absolute Gasteiger partial charge is 0.368 e. The van der Waals surface area contributed by atoms with Crippen molar-refractivity contribution in [1.29, 1.82) is 0 Å². The van der Waals surface area contributed by atoms with Gasteiger partial charge in [0.1, 0.15) is 11.2 Å². The van der Waals surface area contributed by atoms with Crippen LogP contribution in [-0.4, -0.2) is 58.9 Å². The Kier molecular flexibility index (Phi) is 4.50. The molecule has 1 aliphatic heterocycles. The normalized spacial score (nSPS) is 16.7. The van der Waals surface area contributed by atoms with Crippen molar-refractivity contribution >= 4 is 22.6 Å². The number of carbonyl (C=O) groups is 1. The molecule has 3 heterocycles. The van der Waals surface area contributed by atoms with Crippen LogP contribution in [0.3, 0.4) is 0 Å². The van der Waals surface area contributed by atoms with Gasteiger partial charge in [-0.2, -0.15) is 0 Å². The van der Waals surface area contributed by atoms with Crippen LogP contribution in [0.15, 0.2) is 35.3 Å². The van der Waals surface area contributed by atoms with Gasteiger partial charge >= 0.3 is 0 Å². The number of H-pyrrole nitrogens is 1. The van der Waals surface area contributed by atoms with E-state index in [9.17, 15) is 14.0 Å². The molecule has 2 aromatic heterocycles. The first kappa shape index (κ1) is 16.5. The van der Waals surface area contributed by atoms with Crippen molar-refractivity contribution < 1.29 is 13.3 Å². The summed E-state index contributed by atoms with van der Waals surface area (Å²) in [6.45, 7) is 2.32. The van der Waals surface area contributed by atoms with Crippen molar-refractivity contribution in [2.24, 2.45) is 0 Å². The van der Waals surface area contributed by atoms with Gasteiger partial charge in [0.05, 0.1) is 23.1 Å². The Balaban J connectivity index is 1.41. The van der Waals surface area contributed by atoms with Crippen LogP contribution in [0.1, 0.15) is 25.9 Å². The van der Waals surface area contributed by atoms with E-state index in [0.29, 0.717) is 49.5 Å². The number of amides is 1. The summed E-state index contributed by atoms with van der Waals surface area (Å²) in [6.07, 6.45) is 1.13. The zero-order valence-electron chi connectivity index (χ0n) is 19.4. The minimum Gasteiger partial charge on any atom is -0.368 e. The fourth-order valence-corrected chi connectivity index (χ4v) is 3.71. The SMILES string of the molecule is [2H]C([2H])([2H])NC(=O)c1ccc(N2CCN(Cc3ccc4ncc(=O)[nH]c4c3F)CC2)c(C)n1. The van der Waals surface area contributed by atoms with Crippen LogP contribution in [0, 0.1) is 12.7 Å². The smallest absolute Gasteiger partial charge is 0.269 e. The maximum atomic E-state index is 14.9. The van der Waals surface area contributed by atoms with E-state index < -0.39 is 24.3 Å². The lowest BCUT2D eigenvalue weighted by Crippen LogP contribution is -2.46. The second-order valence-electron chi connectivity index (χ2n) is 7.20. The van der Waals surface area contributed by atoms with Gasteiger partial charge in [-0.1, -0.05) is 6.07 Å². The summed E-state index contributed by atoms with van der Waals surface area (Å²) < 4.78 is 36.3. The lowest BCUT2D eigenvalue weighted by atomic mass is 10.1. The second-order valence-corrected chi connectivity index (χ2v) is 7.20. The van der Waals surface area contributed by atoms with Crippen molar-refractivity contribution in [1.82, 2.24) is 25.2 Å². The van der Waals surface area contributed by atoms with E-state index in [2.05, 4.69) is 24.8 Å². The quantitative estimate of drug-likeness (QED) is 0.672. The lowest BCUT2D eigenvalue weighted by molar-refractivity contribution is 0.0958. The van der Waals surface area contributed by atoms with Crippen molar-refractivity contribution in [3.8, 4) is 0 Å². The number of nitrogens with zero attached hydrogens (tertiary/aromatic N) is 4. The number of aromatic amines is 1. The molecule has 0 radical (unpaired) electrons. The average Bonchev–Trinajstić information content (AvgIpc) is 2.75. The van der Waals surface area contributed by atoms with Crippen LogP contribution in [0.2, 0.25) is 0 Å². The number of benzene rings is 1. The maximum Gasteiger partial charge on any atom is 0.269 e. The van der Waals surface area contributed by atoms with Gasteiger partial charge in [-0.3, -0.25) is 14.5 Å². The van der Waals surface area contributed by atoms with E-state index in [1.54, 1.807) is 25.1 Å². The standard InChI is InChI=1S/C21H23FN6O2/c1-13-17(6-5-16(25-13)21(30)23-2)28-9-7-27(8-10-28)12-14-3-4-15-20(19(14)22)26-18(29)11-24-15/h3-6,11H,7-10,12H2,1-2H3,(H,23,30)(H,26,29)/i2D3. The molecule has 8 nitrogen and oxygen atoms in total. The molecule has 1 amide bonds. The Bertz CT molecular complexity index is 1250. The second kappa shape index (κ2) is 8.19. The number of nitrogens with one attached hydrogen (secondary N) is 2. The number of carbonyl (C=O) groups excluding carboxylic acids is 1. The molecule has 0 unspecified atom stereocenters. The zero-order valence-corrected chi connectivity index (χ0v) is 16.4. The van der Waals surface area contributed by atoms with Gasteiger partial charge in [0.25, 0.3) is 11.5 Å². The summed E-state index contributed by atoms with van der Waals surface area (Å²) in [7, 11) is 0. The summed E-state index contributed by atoms with van der Waals surface area (Å²) in [5.74, 6) is -1.21. The first-order valence-corrected chi connectivity index (χ1v) is 9.54. The zero-order chi connectivity index (χ0) is 23.8. The summed E-state index contributed by atoms with van der Waals surface area (Å²) in [6, 6.07) is 6.65. The Labute approximate surface area is 177 Å². The number of piperazine rings is 1. The number of pyridine rings is 1. The predicted molar refractivity (Wildman–Crippen MR) is 112 cm³/mol. The molecular formula is C21H23FN6O2. The Hall–Kier alpha value is -3.33. The van der Waals surface area contributed by atoms with E-state index in [4.69, 9.17) is 4.11 Å². The van der Waals surface area contributed by atoms with Gasteiger partial charge in [-0.15, -0.1) is 0 Å². The highest BCUT2D eigenvalue weighted by molar-refractivity contribution is 5.92. The predicted octanol–water partition coefficient (Wildman–Crippen LogP) is 1.45. The van der Waals surface area contributed by atoms with Crippen LogP contribution in [0.4, 0.5) is 10.1 Å². The number of rotatable bonds is 4. The Morgan fingerprint density at radius 2 is 2.07 bits per heavy atom. The Morgan fingerprint density at radius 3 is 2.80 bits per heavy atom. The molecule has 1 fully saturated rings. The summed E-state index contributed by atoms with van der Waals surface area (Å²) >= 11 is 0. The molecule has 4 rings (SSSR count). The van der Waals surface area contributed by atoms with E-state index in [1.807, 2.05) is 5.32 Å². The van der Waals surface area contributed by atoms with E-state index in [0.717, 1.165) is 11.9 Å². The van der Waals surface area contributed by atoms with Crippen molar-refractivity contribution in [2.75, 3.05) is 38.1 Å². The number of hydrogen-bond acceptors (Lipinski definition) is 6. The van der Waals surface area contributed by atoms with Crippen LogP contribution in [-0.2, 0) is 6.54 Å². The lowest BCUT2D eigenvalue weighted by Gasteiger charge is -2.36. The molecule has 0 aliphatic carbocycles. The first-order valence-electron chi connectivity index (χ1n) is 11.0. The van der Waals surface area contributed by atoms with E-state index in [-0.39, 0.29) is 11.2 Å². The fourth-order valence-electron chi connectivity index (χ4n) is 3.71. The molecule has 3 aromatic rings. The highest BCUT2D eigenvalue weighted by atomic mass is 19.1. The monoisotopic (exact) mass is 413 g/mol. The van der Waals surface area contributed by atoms with Gasteiger partial charge in [0.15, 0.2) is 5.82 Å². The summed E-state index contributed by atoms with van der Waals surface area (Å²) in [4.78, 5) is 38.5. The first-order chi connectivity index (χ1) is 15.6. The fraction of sp³-hybridized carbons (Fsp3) is 0.333. The van der Waals surface area contributed by atoms with E-state index >= 15 is 0 Å². The topological polar surface area (TPSA) is 94.2 Å². The minimum atomic E-state index is -2.57. The molecule has 156 valence electrons. The summed E-state index contributed by atoms with van der Waals surface area (Å²) in [5.41, 5.74) is 2.09. The third-order valence-electron chi connectivity index (χ3n) is 5.28. The molecule has 1 aromatic carbocycles. The number of anilines is 1. The maximum absolute atomic E-state index is 14.9. The molecule has 1 saturated heterocycles. The number of halogens is 1. The van der Waals surface area contributed by atoms with Gasteiger partial charge in [-0.05, 0) is 25.1 Å². The van der Waals surface area contributed by atoms with Gasteiger partial charge in [0, 0.05) is 49.4 Å². The van der Waals surface area contributed by atoms with Crippen LogP contribution in [0.25, 0.3) is 11.0 Å². The van der Waals surface area contributed by atoms with Crippen molar-refractivity contribution in [3.63, 3.8) is 0 Å². The van der Waals surface area contributed by atoms with Crippen LogP contribution < -0.4 is 15.8 Å². The number of aryl methyl sites for hydroxylation is 1. The highest BCUT2D eigenvalue weighted by Gasteiger charge is 2.21. The van der Waals surface area contributed by atoms with Gasteiger partial charge in [-0.25, -0.2) is 14.4 Å². The molecule has 2 N–H and O–H groups in total. The average molecular weight is 413 g/mol. The van der Waals surface area contributed by atoms with E-state index in [1.165, 1.54) is 6.07 Å². The minimum absolute atomic E-state index is 0.0466.